The van der Waals surface area contributed by atoms with E-state index in [4.69, 9.17) is 0 Å². The third-order valence-electron chi connectivity index (χ3n) is 2.46. The van der Waals surface area contributed by atoms with E-state index in [0.717, 1.165) is 11.4 Å². The lowest BCUT2D eigenvalue weighted by atomic mass is 10.2. The van der Waals surface area contributed by atoms with Crippen molar-refractivity contribution in [3.8, 4) is 0 Å². The van der Waals surface area contributed by atoms with Crippen molar-refractivity contribution in [3.63, 3.8) is 0 Å². The van der Waals surface area contributed by atoms with Gasteiger partial charge in [-0.25, -0.2) is 4.98 Å². The van der Waals surface area contributed by atoms with Gasteiger partial charge in [0.25, 0.3) is 5.56 Å². The van der Waals surface area contributed by atoms with Gasteiger partial charge in [0.05, 0.1) is 6.54 Å². The second-order valence-corrected chi connectivity index (χ2v) is 5.77. The number of benzene rings is 1. The topological polar surface area (TPSA) is 34.9 Å². The van der Waals surface area contributed by atoms with Crippen LogP contribution in [0.5, 0.6) is 0 Å². The Morgan fingerprint density at radius 2 is 2.00 bits per heavy atom. The highest BCUT2D eigenvalue weighted by molar-refractivity contribution is 14.1. The molecule has 0 aliphatic heterocycles. The minimum atomic E-state index is -0.0453. The van der Waals surface area contributed by atoms with E-state index < -0.39 is 0 Å². The fourth-order valence-electron chi connectivity index (χ4n) is 1.51. The van der Waals surface area contributed by atoms with Crippen LogP contribution in [-0.2, 0) is 6.54 Å². The molecule has 1 aromatic carbocycles. The van der Waals surface area contributed by atoms with E-state index in [1.807, 2.05) is 31.2 Å². The van der Waals surface area contributed by atoms with Crippen molar-refractivity contribution < 1.29 is 0 Å². The third-order valence-corrected chi connectivity index (χ3v) is 3.72. The van der Waals surface area contributed by atoms with Gasteiger partial charge in [0.15, 0.2) is 0 Å². The first-order chi connectivity index (χ1) is 8.08. The molecule has 0 amide bonds. The fourth-order valence-corrected chi connectivity index (χ4v) is 2.19. The summed E-state index contributed by atoms with van der Waals surface area (Å²) >= 11 is 5.47. The molecule has 2 aromatic rings. The largest absolute Gasteiger partial charge is 0.291 e. The van der Waals surface area contributed by atoms with E-state index in [2.05, 4.69) is 43.5 Å². The van der Waals surface area contributed by atoms with E-state index in [9.17, 15) is 4.79 Å². The van der Waals surface area contributed by atoms with Crippen molar-refractivity contribution in [3.05, 3.63) is 60.2 Å². The predicted octanol–water partition coefficient (Wildman–Crippen LogP) is 2.97. The summed E-state index contributed by atoms with van der Waals surface area (Å²) in [5.41, 5.74) is 1.05. The summed E-state index contributed by atoms with van der Waals surface area (Å²) in [6.07, 6.45) is 1.54. The molecule has 0 unspecified atom stereocenters. The Morgan fingerprint density at radius 1 is 1.35 bits per heavy atom. The van der Waals surface area contributed by atoms with Crippen molar-refractivity contribution in [2.75, 3.05) is 0 Å². The molecule has 5 heteroatoms. The zero-order valence-electron chi connectivity index (χ0n) is 9.15. The molecule has 3 nitrogen and oxygen atoms in total. The number of hydrogen-bond acceptors (Lipinski definition) is 2. The van der Waals surface area contributed by atoms with Crippen LogP contribution in [0.1, 0.15) is 11.4 Å². The molecule has 0 fully saturated rings. The predicted molar refractivity (Wildman–Crippen MR) is 79.2 cm³/mol. The van der Waals surface area contributed by atoms with E-state index in [0.29, 0.717) is 11.0 Å². The summed E-state index contributed by atoms with van der Waals surface area (Å²) in [5, 5.41) is 0. The normalized spacial score (nSPS) is 10.5. The summed E-state index contributed by atoms with van der Waals surface area (Å²) in [6.45, 7) is 2.38. The maximum Gasteiger partial charge on any atom is 0.268 e. The summed E-state index contributed by atoms with van der Waals surface area (Å²) in [5.74, 6) is 0.719. The van der Waals surface area contributed by atoms with Crippen LogP contribution >= 0.6 is 38.5 Å². The van der Waals surface area contributed by atoms with Crippen LogP contribution in [-0.4, -0.2) is 9.55 Å². The summed E-state index contributed by atoms with van der Waals surface area (Å²) in [6, 6.07) is 8.10. The highest BCUT2D eigenvalue weighted by Gasteiger charge is 2.05. The van der Waals surface area contributed by atoms with Crippen LogP contribution in [0, 0.1) is 10.5 Å². The van der Waals surface area contributed by atoms with E-state index in [1.165, 1.54) is 3.57 Å². The molecule has 0 N–H and O–H groups in total. The minimum Gasteiger partial charge on any atom is -0.291 e. The number of nitrogens with zero attached hydrogens (tertiary/aromatic N) is 2. The first-order valence-electron chi connectivity index (χ1n) is 5.04. The van der Waals surface area contributed by atoms with Gasteiger partial charge in [0.1, 0.15) is 10.3 Å². The number of hydrogen-bond donors (Lipinski definition) is 0. The quantitative estimate of drug-likeness (QED) is 0.721. The van der Waals surface area contributed by atoms with Crippen LogP contribution < -0.4 is 5.56 Å². The van der Waals surface area contributed by atoms with Crippen molar-refractivity contribution in [2.45, 2.75) is 13.5 Å². The van der Waals surface area contributed by atoms with Crippen molar-refractivity contribution >= 4 is 38.5 Å². The van der Waals surface area contributed by atoms with Crippen molar-refractivity contribution in [2.24, 2.45) is 0 Å². The Balaban J connectivity index is 2.39. The number of aromatic nitrogens is 2. The molecule has 0 radical (unpaired) electrons. The molecule has 0 spiro atoms. The zero-order chi connectivity index (χ0) is 12.4. The van der Waals surface area contributed by atoms with E-state index >= 15 is 0 Å². The summed E-state index contributed by atoms with van der Waals surface area (Å²) < 4.78 is 3.34. The third kappa shape index (κ3) is 2.95. The van der Waals surface area contributed by atoms with Gasteiger partial charge in [0, 0.05) is 9.77 Å². The molecular weight excluding hydrogens is 395 g/mol. The monoisotopic (exact) mass is 404 g/mol. The van der Waals surface area contributed by atoms with Gasteiger partial charge in [0.2, 0.25) is 0 Å². The lowest BCUT2D eigenvalue weighted by molar-refractivity contribution is 0.695. The molecule has 0 bridgehead atoms. The Labute approximate surface area is 121 Å². The van der Waals surface area contributed by atoms with Gasteiger partial charge in [-0.3, -0.25) is 9.36 Å². The molecule has 0 atom stereocenters. The molecule has 0 saturated carbocycles. The first kappa shape index (κ1) is 12.8. The van der Waals surface area contributed by atoms with Crippen molar-refractivity contribution in [1.82, 2.24) is 9.55 Å². The molecule has 0 aliphatic rings. The smallest absolute Gasteiger partial charge is 0.268 e. The summed E-state index contributed by atoms with van der Waals surface area (Å²) in [7, 11) is 0. The Bertz CT molecular complexity index is 592. The lowest BCUT2D eigenvalue weighted by Gasteiger charge is -2.09. The Hall–Kier alpha value is -0.690. The highest BCUT2D eigenvalue weighted by Crippen LogP contribution is 2.09. The lowest BCUT2D eigenvalue weighted by Crippen LogP contribution is -2.24. The van der Waals surface area contributed by atoms with E-state index in [-0.39, 0.29) is 5.56 Å². The van der Waals surface area contributed by atoms with Gasteiger partial charge in [-0.15, -0.1) is 0 Å². The van der Waals surface area contributed by atoms with Gasteiger partial charge < -0.3 is 0 Å². The number of rotatable bonds is 2. The highest BCUT2D eigenvalue weighted by atomic mass is 127. The molecule has 2 rings (SSSR count). The fraction of sp³-hybridized carbons (Fsp3) is 0.167. The molecule has 88 valence electrons. The Morgan fingerprint density at radius 3 is 2.65 bits per heavy atom. The van der Waals surface area contributed by atoms with Gasteiger partial charge in [-0.05, 0) is 63.1 Å². The minimum absolute atomic E-state index is 0.0453. The van der Waals surface area contributed by atoms with Crippen LogP contribution in [0.25, 0.3) is 0 Å². The SMILES string of the molecule is Cc1ncc(Br)c(=O)n1Cc1ccc(I)cc1. The summed E-state index contributed by atoms with van der Waals surface area (Å²) in [4.78, 5) is 16.1. The Kier molecular flexibility index (Phi) is 3.98. The van der Waals surface area contributed by atoms with Gasteiger partial charge in [-0.1, -0.05) is 12.1 Å². The van der Waals surface area contributed by atoms with Crippen molar-refractivity contribution in [1.29, 1.82) is 0 Å². The molecule has 17 heavy (non-hydrogen) atoms. The zero-order valence-corrected chi connectivity index (χ0v) is 12.9. The standard InChI is InChI=1S/C12H10BrIN2O/c1-8-15-6-11(13)12(17)16(8)7-9-2-4-10(14)5-3-9/h2-6H,7H2,1H3. The van der Waals surface area contributed by atoms with Crippen LogP contribution in [0.4, 0.5) is 0 Å². The molecule has 0 aliphatic carbocycles. The van der Waals surface area contributed by atoms with Crippen LogP contribution in [0.2, 0.25) is 0 Å². The average molecular weight is 405 g/mol. The molecule has 1 aromatic heterocycles. The van der Waals surface area contributed by atoms with E-state index in [1.54, 1.807) is 10.8 Å². The van der Waals surface area contributed by atoms with Crippen LogP contribution in [0.3, 0.4) is 0 Å². The maximum absolute atomic E-state index is 11.9. The average Bonchev–Trinajstić information content (AvgIpc) is 2.32. The number of halogens is 2. The first-order valence-corrected chi connectivity index (χ1v) is 6.91. The van der Waals surface area contributed by atoms with Gasteiger partial charge in [-0.2, -0.15) is 0 Å². The second kappa shape index (κ2) is 5.30. The van der Waals surface area contributed by atoms with Crippen LogP contribution in [0.15, 0.2) is 39.7 Å². The second-order valence-electron chi connectivity index (χ2n) is 3.67. The maximum atomic E-state index is 11.9. The molecular formula is C12H10BrIN2O. The molecule has 0 saturated heterocycles. The number of aryl methyl sites for hydroxylation is 1. The molecule has 1 heterocycles. The van der Waals surface area contributed by atoms with Gasteiger partial charge >= 0.3 is 0 Å².